The van der Waals surface area contributed by atoms with E-state index in [1.165, 1.54) is 22.3 Å². The van der Waals surface area contributed by atoms with Crippen LogP contribution in [0.4, 0.5) is 4.79 Å². The average Bonchev–Trinajstić information content (AvgIpc) is 3.18. The molecule has 3 atom stereocenters. The number of fused-ring (bicyclic) bond motifs is 4. The Labute approximate surface area is 199 Å². The number of carboxylic acids is 1. The smallest absolute Gasteiger partial charge is 0.407 e. The van der Waals surface area contributed by atoms with Crippen molar-refractivity contribution < 1.29 is 24.2 Å². The fourth-order valence-electron chi connectivity index (χ4n) is 5.70. The van der Waals surface area contributed by atoms with Gasteiger partial charge in [-0.05, 0) is 46.4 Å². The van der Waals surface area contributed by atoms with Crippen molar-refractivity contribution in [2.24, 2.45) is 23.7 Å². The van der Waals surface area contributed by atoms with Gasteiger partial charge >= 0.3 is 12.1 Å². The molecule has 1 heterocycles. The second-order valence-corrected chi connectivity index (χ2v) is 9.84. The van der Waals surface area contributed by atoms with Crippen LogP contribution in [0, 0.1) is 23.7 Å². The Morgan fingerprint density at radius 1 is 1.03 bits per heavy atom. The van der Waals surface area contributed by atoms with Gasteiger partial charge in [0.2, 0.25) is 5.91 Å². The Morgan fingerprint density at radius 3 is 2.21 bits per heavy atom. The molecule has 34 heavy (non-hydrogen) atoms. The van der Waals surface area contributed by atoms with E-state index >= 15 is 0 Å². The number of amides is 2. The largest absolute Gasteiger partial charge is 0.481 e. The van der Waals surface area contributed by atoms with Gasteiger partial charge in [0.1, 0.15) is 6.61 Å². The number of nitrogens with zero attached hydrogens (tertiary/aromatic N) is 1. The summed E-state index contributed by atoms with van der Waals surface area (Å²) in [4.78, 5) is 37.7. The fourth-order valence-corrected chi connectivity index (χ4v) is 5.70. The zero-order chi connectivity index (χ0) is 23.8. The molecule has 1 aliphatic heterocycles. The van der Waals surface area contributed by atoms with Gasteiger partial charge in [-0.25, -0.2) is 4.79 Å². The standard InChI is InChI=1S/C27H30N2O5/c1-16(12-24(30)29-13-21-22(14-29)25(21)26(31)32)10-11-28-27(33)34-15-23-19-8-4-2-6-17(19)18-7-3-5-9-20(18)23/h2-9,16,21-23,25H,10-15H2,1H3,(H,28,33)(H,31,32). The van der Waals surface area contributed by atoms with Gasteiger partial charge in [-0.1, -0.05) is 55.5 Å². The topological polar surface area (TPSA) is 95.9 Å². The number of benzene rings is 2. The SMILES string of the molecule is CC(CCNC(=O)OCC1c2ccccc2-c2ccccc21)CC(=O)N1CC2C(C1)C2C(=O)O. The van der Waals surface area contributed by atoms with Crippen LogP contribution in [-0.2, 0) is 14.3 Å². The predicted octanol–water partition coefficient (Wildman–Crippen LogP) is 3.73. The summed E-state index contributed by atoms with van der Waals surface area (Å²) in [6, 6.07) is 16.5. The van der Waals surface area contributed by atoms with E-state index in [2.05, 4.69) is 29.6 Å². The molecule has 2 aliphatic carbocycles. The van der Waals surface area contributed by atoms with E-state index in [-0.39, 0.29) is 42.1 Å². The van der Waals surface area contributed by atoms with Crippen molar-refractivity contribution in [1.29, 1.82) is 0 Å². The highest BCUT2D eigenvalue weighted by atomic mass is 16.5. The first-order chi connectivity index (χ1) is 16.4. The van der Waals surface area contributed by atoms with Crippen LogP contribution in [0.5, 0.6) is 0 Å². The number of likely N-dealkylation sites (tertiary alicyclic amines) is 1. The minimum absolute atomic E-state index is 0.0297. The van der Waals surface area contributed by atoms with E-state index < -0.39 is 12.1 Å². The molecule has 1 saturated carbocycles. The van der Waals surface area contributed by atoms with E-state index in [1.54, 1.807) is 4.90 Å². The quantitative estimate of drug-likeness (QED) is 0.623. The molecular weight excluding hydrogens is 432 g/mol. The first-order valence-corrected chi connectivity index (χ1v) is 12.0. The normalized spacial score (nSPS) is 23.0. The van der Waals surface area contributed by atoms with Gasteiger partial charge in [-0.3, -0.25) is 9.59 Å². The van der Waals surface area contributed by atoms with Crippen molar-refractivity contribution in [3.05, 3.63) is 59.7 Å². The van der Waals surface area contributed by atoms with Crippen molar-refractivity contribution in [3.8, 4) is 11.1 Å². The van der Waals surface area contributed by atoms with Crippen LogP contribution >= 0.6 is 0 Å². The number of carbonyl (C=O) groups excluding carboxylic acids is 2. The highest BCUT2D eigenvalue weighted by Crippen LogP contribution is 2.52. The summed E-state index contributed by atoms with van der Waals surface area (Å²) in [6.07, 6.45) is 0.637. The molecule has 7 nitrogen and oxygen atoms in total. The number of aliphatic carboxylic acids is 1. The predicted molar refractivity (Wildman–Crippen MR) is 126 cm³/mol. The maximum absolute atomic E-state index is 12.5. The van der Waals surface area contributed by atoms with Crippen LogP contribution in [0.3, 0.4) is 0 Å². The minimum atomic E-state index is -0.741. The lowest BCUT2D eigenvalue weighted by molar-refractivity contribution is -0.141. The molecule has 3 unspecified atom stereocenters. The van der Waals surface area contributed by atoms with Gasteiger partial charge in [0, 0.05) is 32.0 Å². The second-order valence-electron chi connectivity index (χ2n) is 9.84. The molecule has 2 aromatic rings. The van der Waals surface area contributed by atoms with Crippen molar-refractivity contribution >= 4 is 18.0 Å². The van der Waals surface area contributed by atoms with Crippen molar-refractivity contribution in [1.82, 2.24) is 10.2 Å². The van der Waals surface area contributed by atoms with Crippen LogP contribution in [0.2, 0.25) is 0 Å². The van der Waals surface area contributed by atoms with Crippen LogP contribution in [0.1, 0.15) is 36.8 Å². The highest BCUT2D eigenvalue weighted by Gasteiger charge is 2.60. The van der Waals surface area contributed by atoms with E-state index in [0.29, 0.717) is 32.5 Å². The molecule has 0 radical (unpaired) electrons. The molecule has 3 aliphatic rings. The number of alkyl carbamates (subject to hydrolysis) is 1. The Hall–Kier alpha value is -3.35. The van der Waals surface area contributed by atoms with Gasteiger partial charge < -0.3 is 20.1 Å². The molecular formula is C27H30N2O5. The number of piperidine rings is 1. The van der Waals surface area contributed by atoms with Crippen LogP contribution in [0.25, 0.3) is 11.1 Å². The van der Waals surface area contributed by atoms with E-state index in [1.807, 2.05) is 31.2 Å². The first-order valence-electron chi connectivity index (χ1n) is 12.0. The average molecular weight is 463 g/mol. The number of hydrogen-bond donors (Lipinski definition) is 2. The zero-order valence-corrected chi connectivity index (χ0v) is 19.3. The Bertz CT molecular complexity index is 1060. The summed E-state index contributed by atoms with van der Waals surface area (Å²) >= 11 is 0. The van der Waals surface area contributed by atoms with Gasteiger partial charge in [0.05, 0.1) is 5.92 Å². The summed E-state index contributed by atoms with van der Waals surface area (Å²) < 4.78 is 5.56. The molecule has 2 N–H and O–H groups in total. The fraction of sp³-hybridized carbons (Fsp3) is 0.444. The number of rotatable bonds is 8. The molecule has 178 valence electrons. The monoisotopic (exact) mass is 462 g/mol. The van der Waals surface area contributed by atoms with Crippen LogP contribution in [-0.4, -0.2) is 54.2 Å². The summed E-state index contributed by atoms with van der Waals surface area (Å²) in [5.41, 5.74) is 4.74. The molecule has 0 spiro atoms. The second kappa shape index (κ2) is 9.12. The lowest BCUT2D eigenvalue weighted by Gasteiger charge is -2.21. The van der Waals surface area contributed by atoms with E-state index in [0.717, 1.165) is 0 Å². The zero-order valence-electron chi connectivity index (χ0n) is 19.3. The molecule has 5 rings (SSSR count). The van der Waals surface area contributed by atoms with Gasteiger partial charge in [-0.2, -0.15) is 0 Å². The summed E-state index contributed by atoms with van der Waals surface area (Å²) in [7, 11) is 0. The highest BCUT2D eigenvalue weighted by molar-refractivity contribution is 5.80. The van der Waals surface area contributed by atoms with E-state index in [4.69, 9.17) is 9.84 Å². The maximum atomic E-state index is 12.5. The number of ether oxygens (including phenoxy) is 1. The molecule has 7 heteroatoms. The number of hydrogen-bond acceptors (Lipinski definition) is 4. The molecule has 2 aromatic carbocycles. The maximum Gasteiger partial charge on any atom is 0.407 e. The first kappa shape index (κ1) is 22.4. The summed E-state index contributed by atoms with van der Waals surface area (Å²) in [5, 5.41) is 11.9. The Kier molecular flexibility index (Phi) is 6.02. The molecule has 2 fully saturated rings. The van der Waals surface area contributed by atoms with Gasteiger partial charge in [0.15, 0.2) is 0 Å². The Balaban J connectivity index is 1.03. The van der Waals surface area contributed by atoms with Gasteiger partial charge in [0.25, 0.3) is 0 Å². The van der Waals surface area contributed by atoms with Crippen molar-refractivity contribution in [2.75, 3.05) is 26.2 Å². The molecule has 1 saturated heterocycles. The van der Waals surface area contributed by atoms with Crippen molar-refractivity contribution in [2.45, 2.75) is 25.7 Å². The minimum Gasteiger partial charge on any atom is -0.481 e. The van der Waals surface area contributed by atoms with Gasteiger partial charge in [-0.15, -0.1) is 0 Å². The summed E-state index contributed by atoms with van der Waals surface area (Å²) in [6.45, 7) is 3.84. The lowest BCUT2D eigenvalue weighted by Crippen LogP contribution is -2.34. The number of carboxylic acid groups (broad SMARTS) is 1. The van der Waals surface area contributed by atoms with E-state index in [9.17, 15) is 14.4 Å². The molecule has 0 bridgehead atoms. The third kappa shape index (κ3) is 4.27. The summed E-state index contributed by atoms with van der Waals surface area (Å²) in [5.74, 6) is -0.516. The lowest BCUT2D eigenvalue weighted by atomic mass is 9.98. The molecule has 0 aromatic heterocycles. The third-order valence-corrected chi connectivity index (χ3v) is 7.61. The Morgan fingerprint density at radius 2 is 1.62 bits per heavy atom. The van der Waals surface area contributed by atoms with Crippen LogP contribution in [0.15, 0.2) is 48.5 Å². The molecule has 2 amide bonds. The van der Waals surface area contributed by atoms with Crippen LogP contribution < -0.4 is 5.32 Å². The number of carbonyl (C=O) groups is 3. The third-order valence-electron chi connectivity index (χ3n) is 7.61. The van der Waals surface area contributed by atoms with Crippen molar-refractivity contribution in [3.63, 3.8) is 0 Å². The number of nitrogens with one attached hydrogen (secondary N) is 1.